The molecule has 2 aliphatic rings. The Hall–Kier alpha value is -2.25. The van der Waals surface area contributed by atoms with Crippen LogP contribution < -0.4 is 9.62 Å². The zero-order valence-corrected chi connectivity index (χ0v) is 15.1. The molecule has 1 aliphatic carbocycles. The van der Waals surface area contributed by atoms with Gasteiger partial charge in [-0.1, -0.05) is 18.2 Å². The zero-order valence-electron chi connectivity index (χ0n) is 14.3. The highest BCUT2D eigenvalue weighted by Crippen LogP contribution is 2.49. The van der Waals surface area contributed by atoms with Crippen LogP contribution in [-0.2, 0) is 21.2 Å². The smallest absolute Gasteiger partial charge is 0.240 e. The number of hydrogen-bond acceptors (Lipinski definition) is 3. The largest absolute Gasteiger partial charge is 0.312 e. The highest BCUT2D eigenvalue weighted by Gasteiger charge is 2.47. The van der Waals surface area contributed by atoms with Crippen molar-refractivity contribution in [1.29, 1.82) is 0 Å². The van der Waals surface area contributed by atoms with Gasteiger partial charge in [-0.15, -0.1) is 0 Å². The topological polar surface area (TPSA) is 66.5 Å². The molecule has 2 aromatic rings. The van der Waals surface area contributed by atoms with Crippen LogP contribution in [0.1, 0.15) is 23.5 Å². The van der Waals surface area contributed by atoms with E-state index in [2.05, 4.69) is 4.72 Å². The average molecular weight is 374 g/mol. The third-order valence-corrected chi connectivity index (χ3v) is 6.62. The molecule has 1 aliphatic heterocycles. The first-order valence-corrected chi connectivity index (χ1v) is 10.0. The van der Waals surface area contributed by atoms with Gasteiger partial charge in [-0.2, -0.15) is 0 Å². The predicted octanol–water partition coefficient (Wildman–Crippen LogP) is 2.43. The van der Waals surface area contributed by atoms with Gasteiger partial charge in [0.05, 0.1) is 4.90 Å². The quantitative estimate of drug-likeness (QED) is 0.894. The van der Waals surface area contributed by atoms with Gasteiger partial charge in [0, 0.05) is 18.2 Å². The second kappa shape index (κ2) is 6.17. The summed E-state index contributed by atoms with van der Waals surface area (Å²) < 4.78 is 39.5. The molecule has 136 valence electrons. The second-order valence-corrected chi connectivity index (χ2v) is 8.62. The summed E-state index contributed by atoms with van der Waals surface area (Å²) in [7, 11) is -2.19. The van der Waals surface area contributed by atoms with Crippen molar-refractivity contribution in [2.75, 3.05) is 18.5 Å². The maximum atomic E-state index is 13.1. The maximum absolute atomic E-state index is 13.1. The number of carbonyl (C=O) groups is 1. The number of carbonyl (C=O) groups excluding carboxylic acids is 1. The molecular weight excluding hydrogens is 355 g/mol. The van der Waals surface area contributed by atoms with Crippen molar-refractivity contribution in [3.8, 4) is 0 Å². The Morgan fingerprint density at radius 3 is 2.62 bits per heavy atom. The van der Waals surface area contributed by atoms with Crippen molar-refractivity contribution in [1.82, 2.24) is 4.72 Å². The zero-order chi connectivity index (χ0) is 18.5. The number of nitrogens with one attached hydrogen (secondary N) is 1. The minimum absolute atomic E-state index is 0.0112. The number of nitrogens with zero attached hydrogens (tertiary/aromatic N) is 1. The van der Waals surface area contributed by atoms with Crippen molar-refractivity contribution in [3.05, 3.63) is 59.4 Å². The molecule has 0 radical (unpaired) electrons. The molecule has 0 bridgehead atoms. The van der Waals surface area contributed by atoms with Crippen LogP contribution in [0.2, 0.25) is 0 Å². The van der Waals surface area contributed by atoms with Gasteiger partial charge in [0.1, 0.15) is 5.82 Å². The molecular formula is C19H19FN2O3S. The maximum Gasteiger partial charge on any atom is 0.240 e. The molecule has 1 saturated carbocycles. The molecule has 4 rings (SSSR count). The van der Waals surface area contributed by atoms with Gasteiger partial charge in [0.25, 0.3) is 0 Å². The van der Waals surface area contributed by atoms with E-state index in [1.807, 2.05) is 0 Å². The van der Waals surface area contributed by atoms with Crippen molar-refractivity contribution in [2.45, 2.75) is 23.7 Å². The van der Waals surface area contributed by atoms with Crippen molar-refractivity contribution < 1.29 is 17.6 Å². The molecule has 0 saturated heterocycles. The van der Waals surface area contributed by atoms with Crippen LogP contribution in [-0.4, -0.2) is 27.9 Å². The molecule has 1 amide bonds. The van der Waals surface area contributed by atoms with E-state index >= 15 is 0 Å². The minimum Gasteiger partial charge on any atom is -0.312 e. The summed E-state index contributed by atoms with van der Waals surface area (Å²) in [6, 6.07) is 11.2. The number of halogens is 1. The third-order valence-electron chi connectivity index (χ3n) is 5.20. The number of rotatable bonds is 4. The lowest BCUT2D eigenvalue weighted by molar-refractivity contribution is -0.119. The number of benzene rings is 2. The summed E-state index contributed by atoms with van der Waals surface area (Å²) >= 11 is 0. The molecule has 2 aromatic carbocycles. The van der Waals surface area contributed by atoms with Crippen LogP contribution in [0.15, 0.2) is 47.4 Å². The van der Waals surface area contributed by atoms with Gasteiger partial charge in [-0.05, 0) is 61.2 Å². The summed E-state index contributed by atoms with van der Waals surface area (Å²) in [6.07, 6.45) is 1.46. The lowest BCUT2D eigenvalue weighted by atomic mass is 10.1. The number of hydrogen-bond donors (Lipinski definition) is 1. The van der Waals surface area contributed by atoms with E-state index in [4.69, 9.17) is 0 Å². The molecule has 1 heterocycles. The Morgan fingerprint density at radius 1 is 1.19 bits per heavy atom. The fraction of sp³-hybridized carbons (Fsp3) is 0.316. The highest BCUT2D eigenvalue weighted by molar-refractivity contribution is 7.89. The number of anilines is 1. The first-order chi connectivity index (χ1) is 12.4. The number of sulfonamides is 1. The first kappa shape index (κ1) is 17.2. The normalized spacial score (nSPS) is 21.5. The van der Waals surface area contributed by atoms with E-state index in [-0.39, 0.29) is 28.5 Å². The van der Waals surface area contributed by atoms with Crippen molar-refractivity contribution in [3.63, 3.8) is 0 Å². The van der Waals surface area contributed by atoms with Crippen molar-refractivity contribution >= 4 is 21.6 Å². The molecule has 2 atom stereocenters. The Bertz CT molecular complexity index is 973. The standard InChI is InChI=1S/C19H19FN2O3S/c1-21-26(24,25)15-7-4-13-8-9-22(18(13)10-15)19(23)17-11-16(17)12-2-5-14(20)6-3-12/h2-7,10,16-17,21H,8-9,11H2,1H3/t16-,17+/m1/s1. The van der Waals surface area contributed by atoms with E-state index in [0.717, 1.165) is 24.0 Å². The van der Waals surface area contributed by atoms with E-state index in [0.29, 0.717) is 12.2 Å². The van der Waals surface area contributed by atoms with Gasteiger partial charge in [0.15, 0.2) is 0 Å². The Kier molecular flexibility index (Phi) is 4.08. The minimum atomic E-state index is -3.55. The predicted molar refractivity (Wildman–Crippen MR) is 96.0 cm³/mol. The molecule has 1 N–H and O–H groups in total. The molecule has 7 heteroatoms. The van der Waals surface area contributed by atoms with Crippen LogP contribution in [0.5, 0.6) is 0 Å². The van der Waals surface area contributed by atoms with Crippen LogP contribution in [0.25, 0.3) is 0 Å². The van der Waals surface area contributed by atoms with Gasteiger partial charge in [-0.25, -0.2) is 17.5 Å². The molecule has 0 aromatic heterocycles. The summed E-state index contributed by atoms with van der Waals surface area (Å²) in [4.78, 5) is 14.8. The van der Waals surface area contributed by atoms with E-state index in [1.165, 1.54) is 19.2 Å². The third kappa shape index (κ3) is 2.91. The molecule has 5 nitrogen and oxygen atoms in total. The summed E-state index contributed by atoms with van der Waals surface area (Å²) in [5.41, 5.74) is 2.62. The number of amides is 1. The van der Waals surface area contributed by atoms with Crippen molar-refractivity contribution in [2.24, 2.45) is 5.92 Å². The van der Waals surface area contributed by atoms with Crippen LogP contribution >= 0.6 is 0 Å². The highest BCUT2D eigenvalue weighted by atomic mass is 32.2. The average Bonchev–Trinajstić information content (AvgIpc) is 3.33. The Labute approximate surface area is 151 Å². The fourth-order valence-electron chi connectivity index (χ4n) is 3.62. The number of fused-ring (bicyclic) bond motifs is 1. The molecule has 0 unspecified atom stereocenters. The Morgan fingerprint density at radius 2 is 1.92 bits per heavy atom. The van der Waals surface area contributed by atoms with E-state index < -0.39 is 10.0 Å². The molecule has 1 fully saturated rings. The van der Waals surface area contributed by atoms with Gasteiger partial charge in [0.2, 0.25) is 15.9 Å². The van der Waals surface area contributed by atoms with Crippen LogP contribution in [0.3, 0.4) is 0 Å². The first-order valence-electron chi connectivity index (χ1n) is 8.54. The van der Waals surface area contributed by atoms with E-state index in [1.54, 1.807) is 35.2 Å². The van der Waals surface area contributed by atoms with Crippen LogP contribution in [0.4, 0.5) is 10.1 Å². The molecule has 26 heavy (non-hydrogen) atoms. The fourth-order valence-corrected chi connectivity index (χ4v) is 4.37. The summed E-state index contributed by atoms with van der Waals surface area (Å²) in [6.45, 7) is 0.559. The molecule has 0 spiro atoms. The monoisotopic (exact) mass is 374 g/mol. The van der Waals surface area contributed by atoms with Crippen LogP contribution in [0, 0.1) is 11.7 Å². The van der Waals surface area contributed by atoms with Gasteiger partial charge >= 0.3 is 0 Å². The Balaban J connectivity index is 1.57. The summed E-state index contributed by atoms with van der Waals surface area (Å²) in [5, 5.41) is 0. The SMILES string of the molecule is CNS(=O)(=O)c1ccc2c(c1)N(C(=O)[C@H]1C[C@@H]1c1ccc(F)cc1)CC2. The van der Waals surface area contributed by atoms with E-state index in [9.17, 15) is 17.6 Å². The van der Waals surface area contributed by atoms with Gasteiger partial charge in [-0.3, -0.25) is 4.79 Å². The lowest BCUT2D eigenvalue weighted by Crippen LogP contribution is -2.31. The van der Waals surface area contributed by atoms with Gasteiger partial charge < -0.3 is 4.90 Å². The summed E-state index contributed by atoms with van der Waals surface area (Å²) in [5.74, 6) is -0.298. The second-order valence-electron chi connectivity index (χ2n) is 6.74. The lowest BCUT2D eigenvalue weighted by Gasteiger charge is -2.18.